The zero-order chi connectivity index (χ0) is 14.9. The summed E-state index contributed by atoms with van der Waals surface area (Å²) in [6.45, 7) is 2.32. The summed E-state index contributed by atoms with van der Waals surface area (Å²) in [5, 5.41) is 5.92. The Morgan fingerprint density at radius 3 is 2.90 bits per heavy atom. The predicted octanol–water partition coefficient (Wildman–Crippen LogP) is 2.53. The lowest BCUT2D eigenvalue weighted by molar-refractivity contribution is -0.141. The molecule has 21 heavy (non-hydrogen) atoms. The van der Waals surface area contributed by atoms with Crippen LogP contribution in [0.15, 0.2) is 18.5 Å². The minimum atomic E-state index is -4.39. The van der Waals surface area contributed by atoms with Crippen molar-refractivity contribution in [2.75, 3.05) is 13.1 Å². The van der Waals surface area contributed by atoms with Crippen LogP contribution in [0.5, 0.6) is 0 Å². The summed E-state index contributed by atoms with van der Waals surface area (Å²) >= 11 is 0. The Hall–Kier alpha value is -1.83. The van der Waals surface area contributed by atoms with Gasteiger partial charge in [-0.1, -0.05) is 0 Å². The Balaban J connectivity index is 1.67. The monoisotopic (exact) mass is 299 g/mol. The molecule has 0 amide bonds. The van der Waals surface area contributed by atoms with Crippen molar-refractivity contribution in [2.24, 2.45) is 0 Å². The molecule has 2 aromatic heterocycles. The number of aromatic nitrogens is 4. The van der Waals surface area contributed by atoms with Crippen molar-refractivity contribution >= 4 is 0 Å². The van der Waals surface area contributed by atoms with Crippen LogP contribution in [-0.2, 0) is 12.7 Å². The van der Waals surface area contributed by atoms with Gasteiger partial charge in [0.15, 0.2) is 5.69 Å². The first-order chi connectivity index (χ1) is 10.0. The fraction of sp³-hybridized carbons (Fsp3) is 0.538. The smallest absolute Gasteiger partial charge is 0.348 e. The molecule has 3 rings (SSSR count). The van der Waals surface area contributed by atoms with Crippen molar-refractivity contribution in [1.82, 2.24) is 25.1 Å². The highest BCUT2D eigenvalue weighted by atomic mass is 19.4. The Morgan fingerprint density at radius 1 is 1.38 bits per heavy atom. The van der Waals surface area contributed by atoms with E-state index in [1.54, 1.807) is 12.4 Å². The second-order valence-corrected chi connectivity index (χ2v) is 5.32. The fourth-order valence-electron chi connectivity index (χ4n) is 2.74. The molecule has 2 aromatic rings. The van der Waals surface area contributed by atoms with E-state index in [4.69, 9.17) is 0 Å². The number of imidazole rings is 1. The Kier molecular flexibility index (Phi) is 3.71. The van der Waals surface area contributed by atoms with E-state index in [1.165, 1.54) is 0 Å². The lowest BCUT2D eigenvalue weighted by Crippen LogP contribution is -2.34. The molecule has 1 aliphatic rings. The third-order valence-electron chi connectivity index (χ3n) is 3.76. The number of rotatable bonds is 3. The third-order valence-corrected chi connectivity index (χ3v) is 3.76. The second kappa shape index (κ2) is 5.51. The van der Waals surface area contributed by atoms with Crippen LogP contribution in [0.3, 0.4) is 0 Å². The third kappa shape index (κ3) is 3.26. The van der Waals surface area contributed by atoms with Crippen LogP contribution in [0.25, 0.3) is 0 Å². The molecular formula is C13H16F3N5. The van der Waals surface area contributed by atoms with Crippen LogP contribution >= 0.6 is 0 Å². The molecule has 0 spiro atoms. The van der Waals surface area contributed by atoms with Gasteiger partial charge in [0.2, 0.25) is 0 Å². The number of hydrogen-bond donors (Lipinski definition) is 2. The molecule has 0 bridgehead atoms. The molecule has 1 atom stereocenters. The molecule has 114 valence electrons. The molecule has 3 heterocycles. The van der Waals surface area contributed by atoms with Gasteiger partial charge in [-0.15, -0.1) is 0 Å². The number of nitrogens with zero attached hydrogens (tertiary/aromatic N) is 3. The van der Waals surface area contributed by atoms with Crippen molar-refractivity contribution in [3.63, 3.8) is 0 Å². The molecule has 0 saturated carbocycles. The second-order valence-electron chi connectivity index (χ2n) is 5.32. The highest BCUT2D eigenvalue weighted by molar-refractivity contribution is 5.16. The Labute approximate surface area is 119 Å². The Bertz CT molecular complexity index is 575. The van der Waals surface area contributed by atoms with Gasteiger partial charge in [-0.25, -0.2) is 4.98 Å². The summed E-state index contributed by atoms with van der Waals surface area (Å²) in [6, 6.07) is 1.13. The average molecular weight is 299 g/mol. The van der Waals surface area contributed by atoms with Gasteiger partial charge in [0.1, 0.15) is 5.82 Å². The minimum Gasteiger partial charge on any atom is -0.348 e. The van der Waals surface area contributed by atoms with Gasteiger partial charge in [0.25, 0.3) is 0 Å². The van der Waals surface area contributed by atoms with Crippen molar-refractivity contribution < 1.29 is 13.2 Å². The average Bonchev–Trinajstić information content (AvgIpc) is 3.09. The highest BCUT2D eigenvalue weighted by Gasteiger charge is 2.35. The number of hydrogen-bond acceptors (Lipinski definition) is 3. The summed E-state index contributed by atoms with van der Waals surface area (Å²) in [7, 11) is 0. The van der Waals surface area contributed by atoms with Gasteiger partial charge in [0, 0.05) is 30.6 Å². The van der Waals surface area contributed by atoms with Gasteiger partial charge in [-0.05, 0) is 25.5 Å². The van der Waals surface area contributed by atoms with Gasteiger partial charge < -0.3 is 4.98 Å². The summed E-state index contributed by atoms with van der Waals surface area (Å²) in [4.78, 5) is 9.42. The first kappa shape index (κ1) is 14.1. The molecule has 0 aliphatic carbocycles. The largest absolute Gasteiger partial charge is 0.435 e. The normalized spacial score (nSPS) is 20.8. The molecule has 1 saturated heterocycles. The van der Waals surface area contributed by atoms with Crippen molar-refractivity contribution in [2.45, 2.75) is 31.5 Å². The maximum Gasteiger partial charge on any atom is 0.435 e. The zero-order valence-corrected chi connectivity index (χ0v) is 11.3. The van der Waals surface area contributed by atoms with Crippen LogP contribution < -0.4 is 0 Å². The topological polar surface area (TPSA) is 60.6 Å². The molecule has 8 heteroatoms. The van der Waals surface area contributed by atoms with Crippen LogP contribution in [0.1, 0.15) is 36.0 Å². The fourth-order valence-corrected chi connectivity index (χ4v) is 2.74. The maximum atomic E-state index is 12.6. The Morgan fingerprint density at radius 2 is 2.24 bits per heavy atom. The van der Waals surface area contributed by atoms with E-state index in [0.717, 1.165) is 31.3 Å². The number of halogens is 3. The van der Waals surface area contributed by atoms with E-state index in [-0.39, 0.29) is 5.92 Å². The quantitative estimate of drug-likeness (QED) is 0.915. The summed E-state index contributed by atoms with van der Waals surface area (Å²) in [5.41, 5.74) is -0.285. The van der Waals surface area contributed by atoms with E-state index >= 15 is 0 Å². The number of nitrogens with one attached hydrogen (secondary N) is 2. The number of aromatic amines is 2. The number of H-pyrrole nitrogens is 2. The summed E-state index contributed by atoms with van der Waals surface area (Å²) in [6.07, 6.45) is 0.889. The molecule has 0 unspecified atom stereocenters. The molecule has 0 aromatic carbocycles. The van der Waals surface area contributed by atoms with E-state index in [0.29, 0.717) is 18.8 Å². The van der Waals surface area contributed by atoms with Gasteiger partial charge in [-0.3, -0.25) is 10.00 Å². The van der Waals surface area contributed by atoms with Gasteiger partial charge in [0.05, 0.1) is 6.54 Å². The molecule has 0 radical (unpaired) electrons. The van der Waals surface area contributed by atoms with Gasteiger partial charge >= 0.3 is 6.18 Å². The molecule has 2 N–H and O–H groups in total. The molecule has 1 aliphatic heterocycles. The predicted molar refractivity (Wildman–Crippen MR) is 69.4 cm³/mol. The van der Waals surface area contributed by atoms with Crippen molar-refractivity contribution in [3.8, 4) is 0 Å². The lowest BCUT2D eigenvalue weighted by atomic mass is 9.94. The SMILES string of the molecule is FC(F)(F)c1cc([C@H]2CCCN(Cc3ncc[nH]3)C2)[nH]n1. The molecular weight excluding hydrogens is 283 g/mol. The van der Waals surface area contributed by atoms with E-state index < -0.39 is 11.9 Å². The van der Waals surface area contributed by atoms with E-state index in [9.17, 15) is 13.2 Å². The van der Waals surface area contributed by atoms with Crippen LogP contribution in [0.4, 0.5) is 13.2 Å². The van der Waals surface area contributed by atoms with Crippen LogP contribution in [0, 0.1) is 0 Å². The van der Waals surface area contributed by atoms with Crippen molar-refractivity contribution in [1.29, 1.82) is 0 Å². The lowest BCUT2D eigenvalue weighted by Gasteiger charge is -2.31. The van der Waals surface area contributed by atoms with Gasteiger partial charge in [-0.2, -0.15) is 18.3 Å². The number of alkyl halides is 3. The van der Waals surface area contributed by atoms with Crippen molar-refractivity contribution in [3.05, 3.63) is 35.7 Å². The zero-order valence-electron chi connectivity index (χ0n) is 11.3. The maximum absolute atomic E-state index is 12.6. The minimum absolute atomic E-state index is 0.0531. The number of piperidine rings is 1. The number of likely N-dealkylation sites (tertiary alicyclic amines) is 1. The first-order valence-corrected chi connectivity index (χ1v) is 6.85. The highest BCUT2D eigenvalue weighted by Crippen LogP contribution is 2.32. The van der Waals surface area contributed by atoms with E-state index in [1.807, 2.05) is 0 Å². The summed E-state index contributed by atoms with van der Waals surface area (Å²) < 4.78 is 37.8. The summed E-state index contributed by atoms with van der Waals surface area (Å²) in [5.74, 6) is 0.925. The standard InChI is InChI=1S/C13H16F3N5/c14-13(15,16)11-6-10(19-20-11)9-2-1-5-21(7-9)8-12-17-3-4-18-12/h3-4,6,9H,1-2,5,7-8H2,(H,17,18)(H,19,20)/t9-/m0/s1. The molecule has 5 nitrogen and oxygen atoms in total. The first-order valence-electron chi connectivity index (χ1n) is 6.85. The van der Waals surface area contributed by atoms with E-state index in [2.05, 4.69) is 25.1 Å². The van der Waals surface area contributed by atoms with Crippen LogP contribution in [-0.4, -0.2) is 38.2 Å². The van der Waals surface area contributed by atoms with Crippen LogP contribution in [0.2, 0.25) is 0 Å². The molecule has 1 fully saturated rings.